The maximum absolute atomic E-state index is 12.0. The molecule has 0 aromatic heterocycles. The molecule has 1 atom stereocenters. The van der Waals surface area contributed by atoms with Crippen LogP contribution in [-0.2, 0) is 9.59 Å². The molecular weight excluding hydrogens is 256 g/mol. The van der Waals surface area contributed by atoms with Crippen molar-refractivity contribution in [2.24, 2.45) is 5.92 Å². The van der Waals surface area contributed by atoms with Gasteiger partial charge in [-0.3, -0.25) is 9.59 Å². The van der Waals surface area contributed by atoms with Crippen LogP contribution in [0.3, 0.4) is 0 Å². The van der Waals surface area contributed by atoms with E-state index in [1.54, 1.807) is 4.90 Å². The van der Waals surface area contributed by atoms with Gasteiger partial charge in [0.2, 0.25) is 11.8 Å². The van der Waals surface area contributed by atoms with E-state index in [1.807, 2.05) is 31.2 Å². The number of nitrogens with one attached hydrogen (secondary N) is 1. The molecule has 1 heterocycles. The van der Waals surface area contributed by atoms with Crippen LogP contribution in [0.5, 0.6) is 0 Å². The Morgan fingerprint density at radius 3 is 2.75 bits per heavy atom. The fraction of sp³-hybridized carbons (Fsp3) is 0.467. The van der Waals surface area contributed by atoms with Crippen LogP contribution < -0.4 is 10.2 Å². The van der Waals surface area contributed by atoms with Gasteiger partial charge in [-0.15, -0.1) is 0 Å². The normalized spacial score (nSPS) is 18.4. The molecule has 2 N–H and O–H groups in total. The van der Waals surface area contributed by atoms with Crippen LogP contribution in [0.25, 0.3) is 0 Å². The molecule has 0 unspecified atom stereocenters. The monoisotopic (exact) mass is 276 g/mol. The standard InChI is InChI=1S/C15H20N2O3/c1-11-3-5-13(6-4-11)17-10-12(9-14(17)19)15(20)16-7-2-8-18/h3-6,12,18H,2,7-10H2,1H3,(H,16,20)/t12-/m0/s1. The molecule has 2 amide bonds. The summed E-state index contributed by atoms with van der Waals surface area (Å²) < 4.78 is 0. The van der Waals surface area contributed by atoms with Crippen molar-refractivity contribution in [2.75, 3.05) is 24.6 Å². The first-order chi connectivity index (χ1) is 9.61. The van der Waals surface area contributed by atoms with E-state index in [4.69, 9.17) is 5.11 Å². The Kier molecular flexibility index (Phi) is 4.74. The average molecular weight is 276 g/mol. The number of anilines is 1. The smallest absolute Gasteiger partial charge is 0.227 e. The highest BCUT2D eigenvalue weighted by molar-refractivity contribution is 6.00. The summed E-state index contributed by atoms with van der Waals surface area (Å²) in [5.74, 6) is -0.430. The van der Waals surface area contributed by atoms with Gasteiger partial charge in [0, 0.05) is 31.8 Å². The lowest BCUT2D eigenvalue weighted by molar-refractivity contribution is -0.126. The number of amides is 2. The summed E-state index contributed by atoms with van der Waals surface area (Å²) in [6, 6.07) is 7.72. The van der Waals surface area contributed by atoms with Gasteiger partial charge in [0.15, 0.2) is 0 Å². The van der Waals surface area contributed by atoms with Crippen molar-refractivity contribution < 1.29 is 14.7 Å². The van der Waals surface area contributed by atoms with Gasteiger partial charge in [0.25, 0.3) is 0 Å². The number of benzene rings is 1. The third-order valence-corrected chi connectivity index (χ3v) is 3.48. The molecule has 5 nitrogen and oxygen atoms in total. The molecule has 2 rings (SSSR count). The highest BCUT2D eigenvalue weighted by atomic mass is 16.3. The van der Waals surface area contributed by atoms with Crippen LogP contribution in [0.4, 0.5) is 5.69 Å². The predicted octanol–water partition coefficient (Wildman–Crippen LogP) is 0.847. The molecule has 1 aromatic carbocycles. The molecular formula is C15H20N2O3. The Labute approximate surface area is 118 Å². The third-order valence-electron chi connectivity index (χ3n) is 3.48. The van der Waals surface area contributed by atoms with Gasteiger partial charge in [-0.2, -0.15) is 0 Å². The summed E-state index contributed by atoms with van der Waals surface area (Å²) >= 11 is 0. The van der Waals surface area contributed by atoms with Gasteiger partial charge < -0.3 is 15.3 Å². The van der Waals surface area contributed by atoms with Crippen LogP contribution in [0, 0.1) is 12.8 Å². The van der Waals surface area contributed by atoms with Gasteiger partial charge in [0.05, 0.1) is 5.92 Å². The second-order valence-electron chi connectivity index (χ2n) is 5.11. The zero-order chi connectivity index (χ0) is 14.5. The fourth-order valence-electron chi connectivity index (χ4n) is 2.29. The molecule has 1 aliphatic heterocycles. The molecule has 1 aromatic rings. The SMILES string of the molecule is Cc1ccc(N2C[C@@H](C(=O)NCCCO)CC2=O)cc1. The van der Waals surface area contributed by atoms with Crippen LogP contribution in [0.1, 0.15) is 18.4 Å². The quantitative estimate of drug-likeness (QED) is 0.783. The van der Waals surface area contributed by atoms with Crippen LogP contribution >= 0.6 is 0 Å². The van der Waals surface area contributed by atoms with Gasteiger partial charge in [-0.25, -0.2) is 0 Å². The predicted molar refractivity (Wildman–Crippen MR) is 76.4 cm³/mol. The highest BCUT2D eigenvalue weighted by Crippen LogP contribution is 2.25. The van der Waals surface area contributed by atoms with Crippen molar-refractivity contribution in [3.8, 4) is 0 Å². The first kappa shape index (κ1) is 14.5. The number of aryl methyl sites for hydroxylation is 1. The molecule has 0 bridgehead atoms. The molecule has 5 heteroatoms. The number of carbonyl (C=O) groups excluding carboxylic acids is 2. The number of nitrogens with zero attached hydrogens (tertiary/aromatic N) is 1. The summed E-state index contributed by atoms with van der Waals surface area (Å²) in [5.41, 5.74) is 1.98. The number of hydrogen-bond acceptors (Lipinski definition) is 3. The van der Waals surface area contributed by atoms with E-state index in [2.05, 4.69) is 5.32 Å². The number of aliphatic hydroxyl groups excluding tert-OH is 1. The average Bonchev–Trinajstić information content (AvgIpc) is 2.82. The number of aliphatic hydroxyl groups is 1. The lowest BCUT2D eigenvalue weighted by Gasteiger charge is -2.16. The Bertz CT molecular complexity index is 484. The Hall–Kier alpha value is -1.88. The fourth-order valence-corrected chi connectivity index (χ4v) is 2.29. The topological polar surface area (TPSA) is 69.6 Å². The molecule has 1 fully saturated rings. The minimum Gasteiger partial charge on any atom is -0.396 e. The molecule has 20 heavy (non-hydrogen) atoms. The van der Waals surface area contributed by atoms with E-state index >= 15 is 0 Å². The first-order valence-electron chi connectivity index (χ1n) is 6.87. The maximum Gasteiger partial charge on any atom is 0.227 e. The Balaban J connectivity index is 1.96. The van der Waals surface area contributed by atoms with Gasteiger partial charge in [-0.1, -0.05) is 17.7 Å². The van der Waals surface area contributed by atoms with Crippen molar-refractivity contribution in [3.63, 3.8) is 0 Å². The van der Waals surface area contributed by atoms with Crippen molar-refractivity contribution in [1.82, 2.24) is 5.32 Å². The van der Waals surface area contributed by atoms with Gasteiger partial charge in [0.1, 0.15) is 0 Å². The lowest BCUT2D eigenvalue weighted by Crippen LogP contribution is -2.33. The van der Waals surface area contributed by atoms with E-state index in [0.29, 0.717) is 19.5 Å². The minimum atomic E-state index is -0.303. The van der Waals surface area contributed by atoms with Crippen LogP contribution in [0.15, 0.2) is 24.3 Å². The van der Waals surface area contributed by atoms with Gasteiger partial charge in [-0.05, 0) is 25.5 Å². The van der Waals surface area contributed by atoms with Crippen molar-refractivity contribution in [2.45, 2.75) is 19.8 Å². The summed E-state index contributed by atoms with van der Waals surface area (Å²) in [6.45, 7) is 2.92. The molecule has 1 aliphatic rings. The first-order valence-corrected chi connectivity index (χ1v) is 6.87. The van der Waals surface area contributed by atoms with Crippen molar-refractivity contribution in [1.29, 1.82) is 0 Å². The highest BCUT2D eigenvalue weighted by Gasteiger charge is 2.34. The Morgan fingerprint density at radius 1 is 1.40 bits per heavy atom. The summed E-state index contributed by atoms with van der Waals surface area (Å²) in [6.07, 6.45) is 0.785. The summed E-state index contributed by atoms with van der Waals surface area (Å²) in [5, 5.41) is 11.4. The molecule has 0 saturated carbocycles. The lowest BCUT2D eigenvalue weighted by atomic mass is 10.1. The number of hydrogen-bond donors (Lipinski definition) is 2. The van der Waals surface area contributed by atoms with Crippen LogP contribution in [0.2, 0.25) is 0 Å². The van der Waals surface area contributed by atoms with Crippen molar-refractivity contribution in [3.05, 3.63) is 29.8 Å². The van der Waals surface area contributed by atoms with E-state index in [-0.39, 0.29) is 30.8 Å². The van der Waals surface area contributed by atoms with E-state index in [9.17, 15) is 9.59 Å². The molecule has 0 spiro atoms. The zero-order valence-electron chi connectivity index (χ0n) is 11.6. The number of carbonyl (C=O) groups is 2. The molecule has 108 valence electrons. The molecule has 0 radical (unpaired) electrons. The van der Waals surface area contributed by atoms with Gasteiger partial charge >= 0.3 is 0 Å². The Morgan fingerprint density at radius 2 is 2.10 bits per heavy atom. The largest absolute Gasteiger partial charge is 0.396 e. The molecule has 1 saturated heterocycles. The second kappa shape index (κ2) is 6.52. The summed E-state index contributed by atoms with van der Waals surface area (Å²) in [4.78, 5) is 25.6. The summed E-state index contributed by atoms with van der Waals surface area (Å²) in [7, 11) is 0. The van der Waals surface area contributed by atoms with E-state index in [0.717, 1.165) is 11.3 Å². The van der Waals surface area contributed by atoms with Crippen molar-refractivity contribution >= 4 is 17.5 Å². The minimum absolute atomic E-state index is 0.0174. The zero-order valence-corrected chi connectivity index (χ0v) is 11.6. The van der Waals surface area contributed by atoms with Crippen LogP contribution in [-0.4, -0.2) is 36.6 Å². The number of rotatable bonds is 5. The third kappa shape index (κ3) is 3.36. The van der Waals surface area contributed by atoms with E-state index < -0.39 is 0 Å². The second-order valence-corrected chi connectivity index (χ2v) is 5.11. The maximum atomic E-state index is 12.0. The molecule has 0 aliphatic carbocycles. The van der Waals surface area contributed by atoms with E-state index in [1.165, 1.54) is 0 Å².